The first-order chi connectivity index (χ1) is 8.28. The zero-order chi connectivity index (χ0) is 13.8. The zero-order valence-corrected chi connectivity index (χ0v) is 11.1. The first kappa shape index (κ1) is 14.2. The fourth-order valence-electron chi connectivity index (χ4n) is 0.994. The predicted molar refractivity (Wildman–Crippen MR) is 67.1 cm³/mol. The maximum atomic E-state index is 11.4. The van der Waals surface area contributed by atoms with Gasteiger partial charge in [-0.15, -0.1) is 11.3 Å². The number of hydrogen-bond donors (Lipinski definition) is 2. The Kier molecular flexibility index (Phi) is 4.43. The molecule has 2 N–H and O–H groups in total. The fraction of sp³-hybridized carbons (Fsp3) is 0.364. The zero-order valence-electron chi connectivity index (χ0n) is 10.3. The van der Waals surface area contributed by atoms with Crippen LogP contribution in [0.4, 0.5) is 4.79 Å². The van der Waals surface area contributed by atoms with Gasteiger partial charge in [0.1, 0.15) is 16.3 Å². The van der Waals surface area contributed by atoms with Crippen LogP contribution >= 0.6 is 11.3 Å². The molecule has 0 fully saturated rings. The molecule has 1 amide bonds. The average molecular weight is 270 g/mol. The average Bonchev–Trinajstić information content (AvgIpc) is 2.66. The number of hydrogen-bond acceptors (Lipinski definition) is 5. The quantitative estimate of drug-likeness (QED) is 0.821. The maximum Gasteiger partial charge on any atom is 0.412 e. The molecular weight excluding hydrogens is 256 g/mol. The van der Waals surface area contributed by atoms with Crippen molar-refractivity contribution in [3.63, 3.8) is 0 Å². The van der Waals surface area contributed by atoms with Crippen molar-refractivity contribution in [2.45, 2.75) is 26.4 Å². The third-order valence-corrected chi connectivity index (χ3v) is 2.31. The second-order valence-electron chi connectivity index (χ2n) is 4.36. The number of rotatable bonds is 3. The van der Waals surface area contributed by atoms with Crippen LogP contribution in [0.5, 0.6) is 0 Å². The van der Waals surface area contributed by atoms with E-state index in [2.05, 4.69) is 10.3 Å². The molecule has 0 spiro atoms. The highest BCUT2D eigenvalue weighted by atomic mass is 32.1. The van der Waals surface area contributed by atoms with Gasteiger partial charge in [-0.1, -0.05) is 0 Å². The van der Waals surface area contributed by atoms with Crippen LogP contribution in [0.1, 0.15) is 25.8 Å². The fourth-order valence-corrected chi connectivity index (χ4v) is 1.56. The van der Waals surface area contributed by atoms with Crippen LogP contribution in [0.25, 0.3) is 6.08 Å². The first-order valence-corrected chi connectivity index (χ1v) is 6.00. The summed E-state index contributed by atoms with van der Waals surface area (Å²) in [5.41, 5.74) is -0.964. The lowest BCUT2D eigenvalue weighted by Crippen LogP contribution is -2.34. The van der Waals surface area contributed by atoms with Gasteiger partial charge in [0.25, 0.3) is 0 Å². The number of nitrogens with zero attached hydrogens (tertiary/aromatic N) is 1. The number of carbonyl (C=O) groups is 2. The summed E-state index contributed by atoms with van der Waals surface area (Å²) in [7, 11) is 0. The molecule has 98 valence electrons. The third-order valence-electron chi connectivity index (χ3n) is 1.59. The molecule has 0 aliphatic heterocycles. The van der Waals surface area contributed by atoms with Crippen molar-refractivity contribution in [1.29, 1.82) is 0 Å². The molecule has 1 rings (SSSR count). The number of carboxylic acids is 1. The molecule has 1 heterocycles. The lowest BCUT2D eigenvalue weighted by molar-refractivity contribution is -0.133. The Morgan fingerprint density at radius 3 is 2.61 bits per heavy atom. The normalized spacial score (nSPS) is 12.1. The largest absolute Gasteiger partial charge is 0.477 e. The molecule has 0 aliphatic rings. The number of alkyl carbamates (subject to hydrolysis) is 1. The Morgan fingerprint density at radius 2 is 2.17 bits per heavy atom. The van der Waals surface area contributed by atoms with Gasteiger partial charge in [-0.05, 0) is 20.8 Å². The lowest BCUT2D eigenvalue weighted by Gasteiger charge is -2.19. The SMILES string of the molecule is CC(C)(C)OC(=O)N/C(=C/c1nccs1)C(=O)O. The topological polar surface area (TPSA) is 88.5 Å². The molecule has 0 aromatic carbocycles. The number of amides is 1. The summed E-state index contributed by atoms with van der Waals surface area (Å²) in [5, 5.41) is 13.3. The van der Waals surface area contributed by atoms with Gasteiger partial charge >= 0.3 is 12.1 Å². The van der Waals surface area contributed by atoms with Crippen LogP contribution < -0.4 is 5.32 Å². The summed E-state index contributed by atoms with van der Waals surface area (Å²) in [4.78, 5) is 26.3. The smallest absolute Gasteiger partial charge is 0.412 e. The second-order valence-corrected chi connectivity index (χ2v) is 5.29. The summed E-state index contributed by atoms with van der Waals surface area (Å²) >= 11 is 1.27. The minimum atomic E-state index is -1.25. The first-order valence-electron chi connectivity index (χ1n) is 5.12. The Hall–Kier alpha value is -1.89. The number of ether oxygens (including phenoxy) is 1. The monoisotopic (exact) mass is 270 g/mol. The van der Waals surface area contributed by atoms with Gasteiger partial charge in [-0.3, -0.25) is 5.32 Å². The highest BCUT2D eigenvalue weighted by Gasteiger charge is 2.19. The number of aliphatic carboxylic acids is 1. The van der Waals surface area contributed by atoms with Crippen molar-refractivity contribution in [2.75, 3.05) is 0 Å². The maximum absolute atomic E-state index is 11.4. The summed E-state index contributed by atoms with van der Waals surface area (Å²) in [6.07, 6.45) is 2.01. The van der Waals surface area contributed by atoms with Gasteiger partial charge < -0.3 is 9.84 Å². The summed E-state index contributed by atoms with van der Waals surface area (Å²) in [5.74, 6) is -1.25. The highest BCUT2D eigenvalue weighted by Crippen LogP contribution is 2.10. The van der Waals surface area contributed by atoms with Crippen molar-refractivity contribution in [2.24, 2.45) is 0 Å². The van der Waals surface area contributed by atoms with Crippen LogP contribution in [0, 0.1) is 0 Å². The van der Waals surface area contributed by atoms with Crippen molar-refractivity contribution in [3.05, 3.63) is 22.3 Å². The third kappa shape index (κ3) is 4.96. The van der Waals surface area contributed by atoms with Gasteiger partial charge in [0.2, 0.25) is 0 Å². The van der Waals surface area contributed by atoms with Gasteiger partial charge in [-0.2, -0.15) is 0 Å². The molecular formula is C11H14N2O4S. The van der Waals surface area contributed by atoms with E-state index >= 15 is 0 Å². The molecule has 0 unspecified atom stereocenters. The molecule has 0 bridgehead atoms. The molecule has 7 heteroatoms. The van der Waals surface area contributed by atoms with Crippen LogP contribution in [-0.2, 0) is 9.53 Å². The van der Waals surface area contributed by atoms with Crippen LogP contribution in [0.3, 0.4) is 0 Å². The van der Waals surface area contributed by atoms with E-state index in [1.165, 1.54) is 17.4 Å². The van der Waals surface area contributed by atoms with Crippen molar-refractivity contribution < 1.29 is 19.4 Å². The molecule has 0 radical (unpaired) electrons. The van der Waals surface area contributed by atoms with Gasteiger partial charge in [0, 0.05) is 17.7 Å². The van der Waals surface area contributed by atoms with E-state index in [4.69, 9.17) is 9.84 Å². The number of aromatic nitrogens is 1. The predicted octanol–water partition coefficient (Wildman–Crippen LogP) is 2.09. The van der Waals surface area contributed by atoms with Crippen LogP contribution in [0.15, 0.2) is 17.3 Å². The van der Waals surface area contributed by atoms with Gasteiger partial charge in [0.05, 0.1) is 0 Å². The molecule has 18 heavy (non-hydrogen) atoms. The molecule has 0 saturated heterocycles. The van der Waals surface area contributed by atoms with E-state index in [9.17, 15) is 9.59 Å². The van der Waals surface area contributed by atoms with Crippen molar-refractivity contribution >= 4 is 29.5 Å². The Morgan fingerprint density at radius 1 is 1.50 bits per heavy atom. The van der Waals surface area contributed by atoms with Crippen molar-refractivity contribution in [1.82, 2.24) is 10.3 Å². The van der Waals surface area contributed by atoms with Gasteiger partial charge in [0.15, 0.2) is 0 Å². The molecule has 6 nitrogen and oxygen atoms in total. The van der Waals surface area contributed by atoms with E-state index in [1.807, 2.05) is 0 Å². The number of thiazole rings is 1. The van der Waals surface area contributed by atoms with E-state index < -0.39 is 17.7 Å². The number of carboxylic acid groups (broad SMARTS) is 1. The van der Waals surface area contributed by atoms with Crippen LogP contribution in [0.2, 0.25) is 0 Å². The number of carbonyl (C=O) groups excluding carboxylic acids is 1. The van der Waals surface area contributed by atoms with Crippen LogP contribution in [-0.4, -0.2) is 27.8 Å². The van der Waals surface area contributed by atoms with E-state index in [1.54, 1.807) is 32.3 Å². The van der Waals surface area contributed by atoms with Gasteiger partial charge in [-0.25, -0.2) is 14.6 Å². The molecule has 0 atom stereocenters. The molecule has 0 aliphatic carbocycles. The highest BCUT2D eigenvalue weighted by molar-refractivity contribution is 7.10. The lowest BCUT2D eigenvalue weighted by atomic mass is 10.2. The Balaban J connectivity index is 2.76. The van der Waals surface area contributed by atoms with E-state index in [-0.39, 0.29) is 5.70 Å². The van der Waals surface area contributed by atoms with E-state index in [0.717, 1.165) is 0 Å². The minimum absolute atomic E-state index is 0.279. The summed E-state index contributed by atoms with van der Waals surface area (Å²) < 4.78 is 4.97. The Bertz CT molecular complexity index is 460. The van der Waals surface area contributed by atoms with E-state index in [0.29, 0.717) is 5.01 Å². The number of nitrogens with one attached hydrogen (secondary N) is 1. The molecule has 1 aromatic rings. The Labute approximate surface area is 108 Å². The van der Waals surface area contributed by atoms with Crippen molar-refractivity contribution in [3.8, 4) is 0 Å². The minimum Gasteiger partial charge on any atom is -0.477 e. The molecule has 1 aromatic heterocycles. The second kappa shape index (κ2) is 5.63. The molecule has 0 saturated carbocycles. The standard InChI is InChI=1S/C11H14N2O4S/c1-11(2,3)17-10(16)13-7(9(14)15)6-8-12-4-5-18-8/h4-6H,1-3H3,(H,13,16)(H,14,15)/b7-6+. The summed E-state index contributed by atoms with van der Waals surface area (Å²) in [6.45, 7) is 5.08. The summed E-state index contributed by atoms with van der Waals surface area (Å²) in [6, 6.07) is 0.